The van der Waals surface area contributed by atoms with Gasteiger partial charge in [-0.3, -0.25) is 4.79 Å². The molecule has 1 aliphatic rings. The first-order chi connectivity index (χ1) is 10.5. The molecule has 1 amide bonds. The van der Waals surface area contributed by atoms with Crippen LogP contribution in [0.4, 0.5) is 14.5 Å². The van der Waals surface area contributed by atoms with Gasteiger partial charge in [0.15, 0.2) is 0 Å². The second-order valence-electron chi connectivity index (χ2n) is 5.18. The minimum atomic E-state index is -2.54. The Morgan fingerprint density at radius 2 is 2.26 bits per heavy atom. The number of morpholine rings is 1. The van der Waals surface area contributed by atoms with Gasteiger partial charge in [-0.2, -0.15) is 0 Å². The number of benzene rings is 1. The van der Waals surface area contributed by atoms with E-state index in [0.29, 0.717) is 24.6 Å². The Kier molecular flexibility index (Phi) is 7.67. The van der Waals surface area contributed by atoms with Crippen molar-refractivity contribution in [1.82, 2.24) is 5.32 Å². The van der Waals surface area contributed by atoms with E-state index < -0.39 is 19.1 Å². The van der Waals surface area contributed by atoms with Crippen molar-refractivity contribution in [3.8, 4) is 5.75 Å². The Bertz CT molecular complexity index is 531. The third-order valence-corrected chi connectivity index (χ3v) is 3.42. The predicted octanol–water partition coefficient (Wildman–Crippen LogP) is 2.38. The van der Waals surface area contributed by atoms with Crippen LogP contribution in [0, 0.1) is 6.92 Å². The molecule has 0 aliphatic carbocycles. The van der Waals surface area contributed by atoms with Gasteiger partial charge < -0.3 is 20.1 Å². The molecule has 8 heteroatoms. The van der Waals surface area contributed by atoms with Crippen LogP contribution < -0.4 is 15.4 Å². The number of halogens is 3. The first-order valence-corrected chi connectivity index (χ1v) is 7.15. The molecule has 1 fully saturated rings. The highest BCUT2D eigenvalue weighted by Crippen LogP contribution is 2.23. The van der Waals surface area contributed by atoms with Crippen LogP contribution in [-0.2, 0) is 9.53 Å². The molecule has 130 valence electrons. The minimum absolute atomic E-state index is 0. The largest absolute Gasteiger partial charge is 0.487 e. The van der Waals surface area contributed by atoms with Gasteiger partial charge in [0.05, 0.1) is 12.7 Å². The maximum atomic E-state index is 12.2. The monoisotopic (exact) mass is 350 g/mol. The highest BCUT2D eigenvalue weighted by Gasteiger charge is 2.28. The van der Waals surface area contributed by atoms with E-state index in [2.05, 4.69) is 10.6 Å². The van der Waals surface area contributed by atoms with E-state index in [4.69, 9.17) is 9.47 Å². The van der Waals surface area contributed by atoms with Crippen molar-refractivity contribution in [3.05, 3.63) is 23.8 Å². The van der Waals surface area contributed by atoms with E-state index in [9.17, 15) is 13.6 Å². The molecule has 2 rings (SSSR count). The van der Waals surface area contributed by atoms with Crippen molar-refractivity contribution < 1.29 is 23.0 Å². The molecule has 1 aromatic rings. The summed E-state index contributed by atoms with van der Waals surface area (Å²) in [6.45, 7) is 4.08. The number of hydrogen-bond acceptors (Lipinski definition) is 4. The van der Waals surface area contributed by atoms with Gasteiger partial charge >= 0.3 is 0 Å². The summed E-state index contributed by atoms with van der Waals surface area (Å²) in [6, 6.07) is 4.52. The summed E-state index contributed by atoms with van der Waals surface area (Å²) in [5, 5.41) is 5.84. The summed E-state index contributed by atoms with van der Waals surface area (Å²) >= 11 is 0. The molecule has 0 unspecified atom stereocenters. The zero-order valence-electron chi connectivity index (χ0n) is 13.0. The summed E-state index contributed by atoms with van der Waals surface area (Å²) < 4.78 is 34.9. The third-order valence-electron chi connectivity index (χ3n) is 3.42. The van der Waals surface area contributed by atoms with Crippen molar-refractivity contribution in [2.45, 2.75) is 32.4 Å². The second-order valence-corrected chi connectivity index (χ2v) is 5.18. The summed E-state index contributed by atoms with van der Waals surface area (Å²) in [6.07, 6.45) is -2.77. The van der Waals surface area contributed by atoms with Crippen LogP contribution in [0.1, 0.15) is 12.5 Å². The average Bonchev–Trinajstić information content (AvgIpc) is 2.48. The molecule has 5 nitrogen and oxygen atoms in total. The molecule has 23 heavy (non-hydrogen) atoms. The topological polar surface area (TPSA) is 59.6 Å². The highest BCUT2D eigenvalue weighted by molar-refractivity contribution is 5.95. The summed E-state index contributed by atoms with van der Waals surface area (Å²) in [7, 11) is 0. The van der Waals surface area contributed by atoms with Crippen molar-refractivity contribution in [1.29, 1.82) is 0 Å². The number of carbonyl (C=O) groups excluding carboxylic acids is 1. The standard InChI is InChI=1S/C15H20F2N2O3.ClH/c1-9-3-4-11(7-12(9)22-8-13(16)17)19-15(20)14-10(2)21-6-5-18-14;/h3-4,7,10,13-14,18H,5-6,8H2,1-2H3,(H,19,20);1H/t10-,14+;/m1./s1. The second kappa shape index (κ2) is 9.00. The third kappa shape index (κ3) is 5.60. The van der Waals surface area contributed by atoms with Crippen LogP contribution in [-0.4, -0.2) is 44.2 Å². The molecule has 2 N–H and O–H groups in total. The Morgan fingerprint density at radius 1 is 1.52 bits per heavy atom. The number of alkyl halides is 2. The number of aryl methyl sites for hydroxylation is 1. The normalized spacial score (nSPS) is 20.7. The van der Waals surface area contributed by atoms with Gasteiger partial charge in [-0.1, -0.05) is 6.07 Å². The molecule has 1 heterocycles. The number of hydrogen-bond donors (Lipinski definition) is 2. The predicted molar refractivity (Wildman–Crippen MR) is 85.8 cm³/mol. The molecule has 0 aromatic heterocycles. The molecule has 1 saturated heterocycles. The van der Waals surface area contributed by atoms with Gasteiger partial charge in [-0.15, -0.1) is 12.4 Å². The Morgan fingerprint density at radius 3 is 2.91 bits per heavy atom. The van der Waals surface area contributed by atoms with Crippen LogP contribution in [0.25, 0.3) is 0 Å². The number of anilines is 1. The van der Waals surface area contributed by atoms with Gasteiger partial charge in [0.1, 0.15) is 18.4 Å². The summed E-state index contributed by atoms with van der Waals surface area (Å²) in [4.78, 5) is 12.2. The van der Waals surface area contributed by atoms with Crippen molar-refractivity contribution in [2.75, 3.05) is 25.1 Å². The van der Waals surface area contributed by atoms with Crippen LogP contribution in [0.5, 0.6) is 5.75 Å². The SMILES string of the molecule is Cc1ccc(NC(=O)[C@H]2NCCO[C@@H]2C)cc1OCC(F)F.Cl. The van der Waals surface area contributed by atoms with E-state index in [1.807, 2.05) is 6.92 Å². The molecule has 0 bridgehead atoms. The fourth-order valence-corrected chi connectivity index (χ4v) is 2.23. The Hall–Kier alpha value is -1.44. The molecule has 0 radical (unpaired) electrons. The lowest BCUT2D eigenvalue weighted by Gasteiger charge is -2.29. The van der Waals surface area contributed by atoms with Gasteiger partial charge in [-0.05, 0) is 25.5 Å². The van der Waals surface area contributed by atoms with E-state index >= 15 is 0 Å². The summed E-state index contributed by atoms with van der Waals surface area (Å²) in [5.41, 5.74) is 1.23. The lowest BCUT2D eigenvalue weighted by atomic mass is 10.1. The van der Waals surface area contributed by atoms with Crippen molar-refractivity contribution in [3.63, 3.8) is 0 Å². The quantitative estimate of drug-likeness (QED) is 0.856. The smallest absolute Gasteiger partial charge is 0.272 e. The maximum absolute atomic E-state index is 12.2. The molecule has 1 aliphatic heterocycles. The van der Waals surface area contributed by atoms with Crippen LogP contribution in [0.2, 0.25) is 0 Å². The van der Waals surface area contributed by atoms with Crippen molar-refractivity contribution >= 4 is 24.0 Å². The molecule has 1 aromatic carbocycles. The van der Waals surface area contributed by atoms with Crippen molar-refractivity contribution in [2.24, 2.45) is 0 Å². The van der Waals surface area contributed by atoms with Crippen LogP contribution >= 0.6 is 12.4 Å². The number of nitrogens with one attached hydrogen (secondary N) is 2. The van der Waals surface area contributed by atoms with E-state index in [1.165, 1.54) is 0 Å². The number of carbonyl (C=O) groups is 1. The Balaban J connectivity index is 0.00000264. The van der Waals surface area contributed by atoms with E-state index in [0.717, 1.165) is 5.56 Å². The number of rotatable bonds is 5. The average molecular weight is 351 g/mol. The van der Waals surface area contributed by atoms with Gasteiger partial charge in [0, 0.05) is 18.3 Å². The first-order valence-electron chi connectivity index (χ1n) is 7.15. The Labute approximate surface area is 140 Å². The molecular weight excluding hydrogens is 330 g/mol. The van der Waals surface area contributed by atoms with Gasteiger partial charge in [-0.25, -0.2) is 8.78 Å². The lowest BCUT2D eigenvalue weighted by molar-refractivity contribution is -0.123. The van der Waals surface area contributed by atoms with Gasteiger partial charge in [0.25, 0.3) is 6.43 Å². The maximum Gasteiger partial charge on any atom is 0.272 e. The van der Waals surface area contributed by atoms with E-state index in [-0.39, 0.29) is 24.4 Å². The fourth-order valence-electron chi connectivity index (χ4n) is 2.23. The van der Waals surface area contributed by atoms with Gasteiger partial charge in [0.2, 0.25) is 5.91 Å². The number of ether oxygens (including phenoxy) is 2. The molecule has 2 atom stereocenters. The highest BCUT2D eigenvalue weighted by atomic mass is 35.5. The zero-order valence-corrected chi connectivity index (χ0v) is 13.8. The summed E-state index contributed by atoms with van der Waals surface area (Å²) in [5.74, 6) is 0.106. The van der Waals surface area contributed by atoms with Crippen LogP contribution in [0.15, 0.2) is 18.2 Å². The zero-order chi connectivity index (χ0) is 16.1. The molecule has 0 saturated carbocycles. The fraction of sp³-hybridized carbons (Fsp3) is 0.533. The minimum Gasteiger partial charge on any atom is -0.487 e. The van der Waals surface area contributed by atoms with Crippen LogP contribution in [0.3, 0.4) is 0 Å². The van der Waals surface area contributed by atoms with E-state index in [1.54, 1.807) is 25.1 Å². The lowest BCUT2D eigenvalue weighted by Crippen LogP contribution is -2.53. The first kappa shape index (κ1) is 19.6. The number of amides is 1. The molecule has 0 spiro atoms. The molecular formula is C15H21ClF2N2O3.